The molecule has 4 rings (SSSR count). The maximum Gasteiger partial charge on any atom is 0.212 e. The highest BCUT2D eigenvalue weighted by Crippen LogP contribution is 2.42. The van der Waals surface area contributed by atoms with E-state index in [1.165, 1.54) is 6.33 Å². The van der Waals surface area contributed by atoms with E-state index in [1.807, 2.05) is 31.2 Å². The fourth-order valence-electron chi connectivity index (χ4n) is 5.25. The number of aliphatic hydroxyl groups is 2. The molecule has 6 nitrogen and oxygen atoms in total. The van der Waals surface area contributed by atoms with Crippen molar-refractivity contribution in [2.75, 3.05) is 6.61 Å². The van der Waals surface area contributed by atoms with Crippen LogP contribution in [0.1, 0.15) is 88.4 Å². The normalized spacial score (nSPS) is 22.1. The zero-order chi connectivity index (χ0) is 21.7. The van der Waals surface area contributed by atoms with E-state index in [4.69, 9.17) is 4.74 Å². The van der Waals surface area contributed by atoms with Crippen molar-refractivity contribution in [1.29, 1.82) is 0 Å². The summed E-state index contributed by atoms with van der Waals surface area (Å²) in [6.45, 7) is 2.40. The van der Waals surface area contributed by atoms with E-state index in [0.717, 1.165) is 56.9 Å². The van der Waals surface area contributed by atoms with Crippen LogP contribution in [-0.4, -0.2) is 37.2 Å². The van der Waals surface area contributed by atoms with Crippen molar-refractivity contribution in [2.24, 2.45) is 0 Å². The topological polar surface area (TPSA) is 80.4 Å². The zero-order valence-corrected chi connectivity index (χ0v) is 18.5. The number of rotatable bonds is 7. The largest absolute Gasteiger partial charge is 0.478 e. The highest BCUT2D eigenvalue weighted by Gasteiger charge is 2.40. The third-order valence-electron chi connectivity index (χ3n) is 6.91. The van der Waals surface area contributed by atoms with E-state index in [2.05, 4.69) is 22.2 Å². The molecular formula is C25H35N3O3. The molecule has 2 aliphatic carbocycles. The quantitative estimate of drug-likeness (QED) is 0.626. The van der Waals surface area contributed by atoms with Gasteiger partial charge in [0.1, 0.15) is 11.9 Å². The van der Waals surface area contributed by atoms with E-state index in [1.54, 1.807) is 4.68 Å². The van der Waals surface area contributed by atoms with Crippen molar-refractivity contribution in [1.82, 2.24) is 14.8 Å². The molecule has 2 saturated carbocycles. The van der Waals surface area contributed by atoms with E-state index in [9.17, 15) is 10.2 Å². The lowest BCUT2D eigenvalue weighted by Crippen LogP contribution is -2.38. The second-order valence-electron chi connectivity index (χ2n) is 9.08. The first-order valence-corrected chi connectivity index (χ1v) is 11.8. The highest BCUT2D eigenvalue weighted by atomic mass is 16.5. The molecule has 2 aliphatic rings. The first-order chi connectivity index (χ1) is 15.1. The molecular weight excluding hydrogens is 390 g/mol. The fourth-order valence-corrected chi connectivity index (χ4v) is 5.25. The molecule has 0 amide bonds. The van der Waals surface area contributed by atoms with Gasteiger partial charge in [-0.15, -0.1) is 0 Å². The van der Waals surface area contributed by atoms with Crippen LogP contribution in [0.2, 0.25) is 0 Å². The molecule has 0 bridgehead atoms. The van der Waals surface area contributed by atoms with Gasteiger partial charge >= 0.3 is 0 Å². The van der Waals surface area contributed by atoms with Crippen LogP contribution in [0.15, 0.2) is 42.7 Å². The molecule has 1 unspecified atom stereocenters. The molecule has 6 heteroatoms. The molecule has 2 N–H and O–H groups in total. The van der Waals surface area contributed by atoms with Gasteiger partial charge < -0.3 is 14.9 Å². The lowest BCUT2D eigenvalue weighted by molar-refractivity contribution is -0.0126. The number of hydrogen-bond donors (Lipinski definition) is 2. The fraction of sp³-hybridized carbons (Fsp3) is 0.600. The maximum atomic E-state index is 11.7. The minimum Gasteiger partial charge on any atom is -0.478 e. The van der Waals surface area contributed by atoms with Crippen LogP contribution in [0.3, 0.4) is 0 Å². The summed E-state index contributed by atoms with van der Waals surface area (Å²) in [6, 6.07) is 10.1. The van der Waals surface area contributed by atoms with Crippen LogP contribution in [0.4, 0.5) is 0 Å². The van der Waals surface area contributed by atoms with Crippen LogP contribution in [0.5, 0.6) is 0 Å². The minimum atomic E-state index is -0.991. The van der Waals surface area contributed by atoms with Crippen LogP contribution in [0.25, 0.3) is 5.88 Å². The average molecular weight is 426 g/mol. The van der Waals surface area contributed by atoms with Crippen molar-refractivity contribution in [3.63, 3.8) is 0 Å². The van der Waals surface area contributed by atoms with Gasteiger partial charge in [0.25, 0.3) is 0 Å². The monoisotopic (exact) mass is 425 g/mol. The second-order valence-corrected chi connectivity index (χ2v) is 9.08. The Bertz CT molecular complexity index is 865. The maximum absolute atomic E-state index is 11.7. The Labute approximate surface area is 185 Å². The summed E-state index contributed by atoms with van der Waals surface area (Å²) in [7, 11) is 0. The van der Waals surface area contributed by atoms with Gasteiger partial charge in [-0.1, -0.05) is 68.9 Å². The lowest BCUT2D eigenvalue weighted by Gasteiger charge is -2.38. The second kappa shape index (κ2) is 9.53. The first kappa shape index (κ1) is 22.0. The van der Waals surface area contributed by atoms with Crippen LogP contribution < -0.4 is 0 Å². The van der Waals surface area contributed by atoms with Crippen LogP contribution in [-0.2, 0) is 10.3 Å². The van der Waals surface area contributed by atoms with Gasteiger partial charge in [0, 0.05) is 5.92 Å². The van der Waals surface area contributed by atoms with Crippen LogP contribution >= 0.6 is 0 Å². The molecule has 0 saturated heterocycles. The summed E-state index contributed by atoms with van der Waals surface area (Å²) in [5, 5.41) is 27.4. The Hall–Kier alpha value is -2.18. The number of nitrogens with zero attached hydrogens (tertiary/aromatic N) is 3. The van der Waals surface area contributed by atoms with Gasteiger partial charge in [-0.2, -0.15) is 9.78 Å². The smallest absolute Gasteiger partial charge is 0.212 e. The molecule has 1 aromatic carbocycles. The van der Waals surface area contributed by atoms with E-state index >= 15 is 0 Å². The molecule has 0 spiro atoms. The van der Waals surface area contributed by atoms with E-state index in [0.29, 0.717) is 31.2 Å². The summed E-state index contributed by atoms with van der Waals surface area (Å²) < 4.78 is 7.70. The Balaban J connectivity index is 1.77. The molecule has 2 fully saturated rings. The summed E-state index contributed by atoms with van der Waals surface area (Å²) in [4.78, 5) is 4.44. The molecule has 1 atom stereocenters. The Kier molecular flexibility index (Phi) is 6.77. The average Bonchev–Trinajstić information content (AvgIpc) is 3.29. The van der Waals surface area contributed by atoms with Gasteiger partial charge in [-0.05, 0) is 44.2 Å². The Morgan fingerprint density at radius 2 is 1.68 bits per heavy atom. The number of aromatic nitrogens is 3. The first-order valence-electron chi connectivity index (χ1n) is 11.8. The zero-order valence-electron chi connectivity index (χ0n) is 18.5. The third-order valence-corrected chi connectivity index (χ3v) is 6.91. The molecule has 168 valence electrons. The predicted molar refractivity (Wildman–Crippen MR) is 120 cm³/mol. The van der Waals surface area contributed by atoms with Crippen molar-refractivity contribution >= 4 is 5.88 Å². The van der Waals surface area contributed by atoms with Gasteiger partial charge in [-0.3, -0.25) is 0 Å². The minimum absolute atomic E-state index is 0.228. The number of ether oxygens (including phenoxy) is 1. The van der Waals surface area contributed by atoms with Gasteiger partial charge in [0.15, 0.2) is 5.82 Å². The van der Waals surface area contributed by atoms with Gasteiger partial charge in [0.2, 0.25) is 5.88 Å². The lowest BCUT2D eigenvalue weighted by atomic mass is 9.72. The Morgan fingerprint density at radius 3 is 2.32 bits per heavy atom. The van der Waals surface area contributed by atoms with Gasteiger partial charge in [0.05, 0.1) is 12.2 Å². The number of hydrogen-bond acceptors (Lipinski definition) is 5. The van der Waals surface area contributed by atoms with Crippen molar-refractivity contribution in [3.05, 3.63) is 54.1 Å². The predicted octanol–water partition coefficient (Wildman–Crippen LogP) is 4.74. The Morgan fingerprint density at radius 1 is 1.03 bits per heavy atom. The summed E-state index contributed by atoms with van der Waals surface area (Å²) >= 11 is 0. The van der Waals surface area contributed by atoms with Crippen molar-refractivity contribution in [3.8, 4) is 0 Å². The standard InChI is InChI=1S/C25H35N3O3/c1-2-31-22(28-23(26-19-27-28)25(30)16-10-5-11-17-25)18-21(20-12-6-3-7-13-20)24(29)14-8-4-9-15-24/h3,6-7,12-13,18-19,21,29-30H,2,4-5,8-11,14-17H2,1H3/b22-18-. The molecule has 0 aliphatic heterocycles. The van der Waals surface area contributed by atoms with E-state index < -0.39 is 11.2 Å². The molecule has 1 aromatic heterocycles. The van der Waals surface area contributed by atoms with Crippen molar-refractivity contribution < 1.29 is 14.9 Å². The summed E-state index contributed by atoms with van der Waals surface area (Å²) in [5.41, 5.74) is -0.763. The van der Waals surface area contributed by atoms with Crippen molar-refractivity contribution in [2.45, 2.75) is 88.3 Å². The molecule has 0 radical (unpaired) electrons. The third kappa shape index (κ3) is 4.70. The highest BCUT2D eigenvalue weighted by molar-refractivity contribution is 5.43. The molecule has 2 aromatic rings. The van der Waals surface area contributed by atoms with E-state index in [-0.39, 0.29) is 5.92 Å². The number of benzene rings is 1. The van der Waals surface area contributed by atoms with Gasteiger partial charge in [-0.25, -0.2) is 4.98 Å². The summed E-state index contributed by atoms with van der Waals surface area (Å²) in [5.74, 6) is 0.838. The SMILES string of the molecule is CCO/C(=C\C(c1ccccc1)C1(O)CCCCC1)n1ncnc1C1(O)CCCCC1. The molecule has 31 heavy (non-hydrogen) atoms. The molecule has 1 heterocycles. The van der Waals surface area contributed by atoms with Crippen LogP contribution in [0, 0.1) is 0 Å². The summed E-state index contributed by atoms with van der Waals surface area (Å²) in [6.07, 6.45) is 12.6.